The number of likely N-dealkylation sites (tertiary alicyclic amines) is 1. The molecule has 1 aromatic carbocycles. The number of amides is 2. The average molecular weight is 509 g/mol. The van der Waals surface area contributed by atoms with Crippen LogP contribution in [0.25, 0.3) is 0 Å². The number of carbonyl (C=O) groups is 3. The van der Waals surface area contributed by atoms with E-state index >= 15 is 0 Å². The summed E-state index contributed by atoms with van der Waals surface area (Å²) in [5.74, 6) is -3.02. The number of aliphatic hydroxyl groups is 1. The maximum Gasteiger partial charge on any atom is 0.313 e. The number of esters is 1. The number of benzene rings is 1. The van der Waals surface area contributed by atoms with E-state index in [0.717, 1.165) is 36.1 Å². The van der Waals surface area contributed by atoms with Crippen LogP contribution in [-0.2, 0) is 23.9 Å². The van der Waals surface area contributed by atoms with Gasteiger partial charge in [0.25, 0.3) is 5.91 Å². The summed E-state index contributed by atoms with van der Waals surface area (Å²) in [6, 6.07) is 4.25. The first kappa shape index (κ1) is 25.7. The van der Waals surface area contributed by atoms with E-state index in [9.17, 15) is 19.5 Å². The molecular formula is C29H36N2O6. The number of hydrogen-bond acceptors (Lipinski definition) is 6. The smallest absolute Gasteiger partial charge is 0.313 e. The second kappa shape index (κ2) is 9.40. The summed E-state index contributed by atoms with van der Waals surface area (Å²) in [6.07, 6.45) is 9.97. The summed E-state index contributed by atoms with van der Waals surface area (Å²) in [4.78, 5) is 45.2. The molecule has 2 fully saturated rings. The molecule has 1 N–H and O–H groups in total. The Kier molecular flexibility index (Phi) is 6.52. The first-order valence-corrected chi connectivity index (χ1v) is 13.2. The zero-order valence-corrected chi connectivity index (χ0v) is 22.0. The van der Waals surface area contributed by atoms with E-state index in [1.54, 1.807) is 18.7 Å². The Morgan fingerprint density at radius 3 is 2.62 bits per heavy atom. The van der Waals surface area contributed by atoms with Crippen molar-refractivity contribution in [2.45, 2.75) is 70.2 Å². The van der Waals surface area contributed by atoms with Gasteiger partial charge in [-0.2, -0.15) is 0 Å². The lowest BCUT2D eigenvalue weighted by Gasteiger charge is -2.39. The Balaban J connectivity index is 1.67. The third kappa shape index (κ3) is 3.92. The largest absolute Gasteiger partial charge is 0.465 e. The van der Waals surface area contributed by atoms with E-state index in [0.29, 0.717) is 6.54 Å². The van der Waals surface area contributed by atoms with Crippen LogP contribution in [-0.4, -0.2) is 70.8 Å². The Bertz CT molecular complexity index is 1180. The van der Waals surface area contributed by atoms with Gasteiger partial charge < -0.3 is 24.4 Å². The van der Waals surface area contributed by atoms with E-state index in [2.05, 4.69) is 0 Å². The number of hydrogen-bond donors (Lipinski definition) is 1. The molecule has 4 aliphatic rings. The monoisotopic (exact) mass is 508 g/mol. The number of rotatable bonds is 3. The SMILES string of the molecule is Cc1ccc(C)c(N2CC=C[C@]34O[C@@]5(C)/C=C\CCCCOC(=O)[C@H]5[C@H]3C(=O)N([C@H](C)CO)C4C2=O)c1. The predicted octanol–water partition coefficient (Wildman–Crippen LogP) is 2.84. The Morgan fingerprint density at radius 1 is 1.08 bits per heavy atom. The molecule has 2 saturated heterocycles. The topological polar surface area (TPSA) is 96.4 Å². The quantitative estimate of drug-likeness (QED) is 0.498. The van der Waals surface area contributed by atoms with Crippen LogP contribution in [0.5, 0.6) is 0 Å². The van der Waals surface area contributed by atoms with Crippen molar-refractivity contribution in [3.63, 3.8) is 0 Å². The van der Waals surface area contributed by atoms with E-state index in [1.165, 1.54) is 4.90 Å². The number of ether oxygens (including phenoxy) is 2. The summed E-state index contributed by atoms with van der Waals surface area (Å²) in [5.41, 5.74) is 0.217. The van der Waals surface area contributed by atoms with Gasteiger partial charge >= 0.3 is 5.97 Å². The Labute approximate surface area is 217 Å². The van der Waals surface area contributed by atoms with E-state index in [4.69, 9.17) is 9.47 Å². The number of aryl methyl sites for hydroxylation is 2. The fourth-order valence-electron chi connectivity index (χ4n) is 6.53. The molecule has 4 aliphatic heterocycles. The molecular weight excluding hydrogens is 472 g/mol. The van der Waals surface area contributed by atoms with Crippen molar-refractivity contribution < 1.29 is 29.0 Å². The Morgan fingerprint density at radius 2 is 1.86 bits per heavy atom. The number of cyclic esters (lactones) is 1. The average Bonchev–Trinajstić information content (AvgIpc) is 3.20. The van der Waals surface area contributed by atoms with E-state index in [1.807, 2.05) is 56.4 Å². The highest BCUT2D eigenvalue weighted by Crippen LogP contribution is 2.57. The molecule has 8 heteroatoms. The predicted molar refractivity (Wildman–Crippen MR) is 138 cm³/mol. The summed E-state index contributed by atoms with van der Waals surface area (Å²) >= 11 is 0. The van der Waals surface area contributed by atoms with Gasteiger partial charge in [-0.25, -0.2) is 0 Å². The second-order valence-electron chi connectivity index (χ2n) is 11.0. The first-order chi connectivity index (χ1) is 17.6. The van der Waals surface area contributed by atoms with Crippen LogP contribution in [0.1, 0.15) is 44.2 Å². The van der Waals surface area contributed by atoms with Crippen molar-refractivity contribution in [1.82, 2.24) is 4.90 Å². The van der Waals surface area contributed by atoms with Gasteiger partial charge in [0.2, 0.25) is 5.91 Å². The molecule has 8 nitrogen and oxygen atoms in total. The van der Waals surface area contributed by atoms with Gasteiger partial charge in [-0.3, -0.25) is 14.4 Å². The fourth-order valence-corrected chi connectivity index (χ4v) is 6.53. The van der Waals surface area contributed by atoms with Gasteiger partial charge in [0.1, 0.15) is 17.6 Å². The van der Waals surface area contributed by atoms with Crippen LogP contribution in [0.15, 0.2) is 42.5 Å². The van der Waals surface area contributed by atoms with E-state index in [-0.39, 0.29) is 25.0 Å². The molecule has 5 rings (SSSR count). The van der Waals surface area contributed by atoms with Crippen molar-refractivity contribution in [2.75, 3.05) is 24.7 Å². The standard InChI is InChI=1S/C29H36N2O6/c1-18-10-11-19(2)21(16-18)30-14-9-13-29-22(25(33)31(20(3)17-32)24(29)26(30)34)23-27(35)36-15-8-6-5-7-12-28(23,4)37-29/h7,9-13,16,20,22-24,32H,5-6,8,14-15,17H2,1-4H3/b12-7-/t20-,22+,23-,24?,28+,29+/m1/s1. The van der Waals surface area contributed by atoms with Gasteiger partial charge in [-0.1, -0.05) is 36.4 Å². The molecule has 1 unspecified atom stereocenters. The lowest BCUT2D eigenvalue weighted by Crippen LogP contribution is -2.58. The number of carbonyl (C=O) groups excluding carboxylic acids is 3. The first-order valence-electron chi connectivity index (χ1n) is 13.2. The third-order valence-electron chi connectivity index (χ3n) is 8.33. The molecule has 1 spiro atoms. The fraction of sp³-hybridized carbons (Fsp3) is 0.552. The van der Waals surface area contributed by atoms with Crippen LogP contribution >= 0.6 is 0 Å². The molecule has 2 amide bonds. The van der Waals surface area contributed by atoms with Gasteiger partial charge in [-0.05, 0) is 64.2 Å². The van der Waals surface area contributed by atoms with Crippen molar-refractivity contribution in [3.05, 3.63) is 53.6 Å². The zero-order chi connectivity index (χ0) is 26.5. The summed E-state index contributed by atoms with van der Waals surface area (Å²) in [6.45, 7) is 7.69. The molecule has 198 valence electrons. The van der Waals surface area contributed by atoms with Gasteiger partial charge in [0.15, 0.2) is 0 Å². The summed E-state index contributed by atoms with van der Waals surface area (Å²) < 4.78 is 12.4. The minimum Gasteiger partial charge on any atom is -0.465 e. The van der Waals surface area contributed by atoms with Gasteiger partial charge in [0, 0.05) is 12.2 Å². The van der Waals surface area contributed by atoms with Crippen molar-refractivity contribution in [1.29, 1.82) is 0 Å². The summed E-state index contributed by atoms with van der Waals surface area (Å²) in [5, 5.41) is 10.1. The molecule has 0 aromatic heterocycles. The van der Waals surface area contributed by atoms with Crippen LogP contribution in [0.4, 0.5) is 5.69 Å². The van der Waals surface area contributed by atoms with Crippen LogP contribution in [0.2, 0.25) is 0 Å². The molecule has 6 atom stereocenters. The lowest BCUT2D eigenvalue weighted by atomic mass is 9.74. The number of nitrogens with zero attached hydrogens (tertiary/aromatic N) is 2. The third-order valence-corrected chi connectivity index (χ3v) is 8.33. The molecule has 37 heavy (non-hydrogen) atoms. The number of anilines is 1. The minimum absolute atomic E-state index is 0.280. The molecule has 1 aromatic rings. The summed E-state index contributed by atoms with van der Waals surface area (Å²) in [7, 11) is 0. The molecule has 0 radical (unpaired) electrons. The minimum atomic E-state index is -1.37. The number of aliphatic hydroxyl groups excluding tert-OH is 1. The zero-order valence-electron chi connectivity index (χ0n) is 22.0. The molecule has 4 heterocycles. The van der Waals surface area contributed by atoms with Crippen LogP contribution in [0, 0.1) is 25.7 Å². The van der Waals surface area contributed by atoms with E-state index < -0.39 is 41.1 Å². The van der Waals surface area contributed by atoms with Crippen molar-refractivity contribution in [3.8, 4) is 0 Å². The highest BCUT2D eigenvalue weighted by Gasteiger charge is 2.75. The van der Waals surface area contributed by atoms with Crippen LogP contribution < -0.4 is 4.90 Å². The highest BCUT2D eigenvalue weighted by atomic mass is 16.6. The second-order valence-corrected chi connectivity index (χ2v) is 11.0. The maximum absolute atomic E-state index is 14.4. The Hall–Kier alpha value is -2.97. The van der Waals surface area contributed by atoms with Crippen molar-refractivity contribution in [2.24, 2.45) is 11.8 Å². The maximum atomic E-state index is 14.4. The normalized spacial score (nSPS) is 35.4. The molecule has 0 aliphatic carbocycles. The van der Waals surface area contributed by atoms with Gasteiger partial charge in [-0.15, -0.1) is 0 Å². The molecule has 0 saturated carbocycles. The van der Waals surface area contributed by atoms with Crippen LogP contribution in [0.3, 0.4) is 0 Å². The van der Waals surface area contributed by atoms with Gasteiger partial charge in [0.05, 0.1) is 30.8 Å². The van der Waals surface area contributed by atoms with Crippen molar-refractivity contribution >= 4 is 23.5 Å². The number of fused-ring (bicyclic) bond motifs is 2. The number of allylic oxidation sites excluding steroid dienone is 1. The lowest BCUT2D eigenvalue weighted by molar-refractivity contribution is -0.159. The highest BCUT2D eigenvalue weighted by molar-refractivity contribution is 6.06. The molecule has 0 bridgehead atoms.